The van der Waals surface area contributed by atoms with Gasteiger partial charge < -0.3 is 29.2 Å². The molecule has 0 radical (unpaired) electrons. The van der Waals surface area contributed by atoms with Crippen molar-refractivity contribution in [3.8, 4) is 17.2 Å². The van der Waals surface area contributed by atoms with Gasteiger partial charge in [-0.3, -0.25) is 9.59 Å². The lowest BCUT2D eigenvalue weighted by atomic mass is 10.2. The molecule has 0 heterocycles. The maximum atomic E-state index is 12.3. The lowest BCUT2D eigenvalue weighted by Crippen LogP contribution is -2.37. The van der Waals surface area contributed by atoms with Crippen molar-refractivity contribution in [2.45, 2.75) is 0 Å². The maximum Gasteiger partial charge on any atom is 0.338 e. The minimum absolute atomic E-state index is 0.0915. The van der Waals surface area contributed by atoms with Crippen molar-refractivity contribution in [1.29, 1.82) is 0 Å². The molecule has 0 aliphatic rings. The standard InChI is InChI=1S/C21H23ClN2O7/c1-24(11-18(25)23-14-6-5-7-15(10-14)28-2)19(26)12-31-21(27)13-8-16(22)20(30-4)17(9-13)29-3/h5-10H,11-12H2,1-4H3,(H,23,25). The molecule has 9 nitrogen and oxygen atoms in total. The summed E-state index contributed by atoms with van der Waals surface area (Å²) in [7, 11) is 5.76. The second-order valence-electron chi connectivity index (χ2n) is 6.30. The highest BCUT2D eigenvalue weighted by Crippen LogP contribution is 2.36. The number of anilines is 1. The fourth-order valence-corrected chi connectivity index (χ4v) is 2.85. The summed E-state index contributed by atoms with van der Waals surface area (Å²) in [4.78, 5) is 37.8. The molecule has 31 heavy (non-hydrogen) atoms. The summed E-state index contributed by atoms with van der Waals surface area (Å²) < 4.78 is 20.4. The maximum absolute atomic E-state index is 12.3. The highest BCUT2D eigenvalue weighted by Gasteiger charge is 2.19. The molecule has 0 bridgehead atoms. The molecule has 0 fully saturated rings. The van der Waals surface area contributed by atoms with Crippen LogP contribution in [0.3, 0.4) is 0 Å². The zero-order valence-corrected chi connectivity index (χ0v) is 18.3. The van der Waals surface area contributed by atoms with Crippen molar-refractivity contribution in [1.82, 2.24) is 4.90 Å². The van der Waals surface area contributed by atoms with E-state index in [2.05, 4.69) is 5.32 Å². The quantitative estimate of drug-likeness (QED) is 0.585. The van der Waals surface area contributed by atoms with Gasteiger partial charge in [-0.2, -0.15) is 0 Å². The Bertz CT molecular complexity index is 965. The normalized spacial score (nSPS) is 10.1. The number of rotatable bonds is 9. The number of benzene rings is 2. The van der Waals surface area contributed by atoms with Gasteiger partial charge in [-0.25, -0.2) is 4.79 Å². The molecule has 0 atom stereocenters. The zero-order chi connectivity index (χ0) is 23.0. The first-order valence-corrected chi connectivity index (χ1v) is 9.43. The van der Waals surface area contributed by atoms with E-state index in [0.717, 1.165) is 4.90 Å². The molecule has 0 saturated carbocycles. The minimum atomic E-state index is -0.773. The van der Waals surface area contributed by atoms with Crippen molar-refractivity contribution in [3.63, 3.8) is 0 Å². The third-order valence-corrected chi connectivity index (χ3v) is 4.44. The monoisotopic (exact) mass is 450 g/mol. The van der Waals surface area contributed by atoms with Crippen LogP contribution in [0.2, 0.25) is 5.02 Å². The molecule has 2 rings (SSSR count). The number of hydrogen-bond donors (Lipinski definition) is 1. The van der Waals surface area contributed by atoms with E-state index in [9.17, 15) is 14.4 Å². The molecule has 0 saturated heterocycles. The highest BCUT2D eigenvalue weighted by atomic mass is 35.5. The van der Waals surface area contributed by atoms with Gasteiger partial charge in [0.2, 0.25) is 5.91 Å². The summed E-state index contributed by atoms with van der Waals surface area (Å²) in [5.74, 6) is -0.629. The SMILES string of the molecule is COc1cccc(NC(=O)CN(C)C(=O)COC(=O)c2cc(Cl)c(OC)c(OC)c2)c1. The van der Waals surface area contributed by atoms with E-state index in [0.29, 0.717) is 11.4 Å². The van der Waals surface area contributed by atoms with Crippen LogP contribution in [-0.2, 0) is 14.3 Å². The number of carbonyl (C=O) groups excluding carboxylic acids is 3. The molecule has 0 aliphatic carbocycles. The average Bonchev–Trinajstić information content (AvgIpc) is 2.76. The lowest BCUT2D eigenvalue weighted by molar-refractivity contribution is -0.136. The molecule has 2 aromatic carbocycles. The van der Waals surface area contributed by atoms with Gasteiger partial charge in [0.15, 0.2) is 18.1 Å². The van der Waals surface area contributed by atoms with Gasteiger partial charge >= 0.3 is 5.97 Å². The van der Waals surface area contributed by atoms with Gasteiger partial charge in [-0.05, 0) is 24.3 Å². The van der Waals surface area contributed by atoms with Crippen LogP contribution in [0.15, 0.2) is 36.4 Å². The van der Waals surface area contributed by atoms with E-state index in [1.54, 1.807) is 24.3 Å². The average molecular weight is 451 g/mol. The molecule has 2 amide bonds. The Kier molecular flexibility index (Phi) is 8.51. The van der Waals surface area contributed by atoms with Gasteiger partial charge in [0, 0.05) is 18.8 Å². The van der Waals surface area contributed by atoms with Crippen LogP contribution >= 0.6 is 11.6 Å². The summed E-state index contributed by atoms with van der Waals surface area (Å²) in [6, 6.07) is 9.55. The van der Waals surface area contributed by atoms with E-state index in [4.69, 9.17) is 30.5 Å². The van der Waals surface area contributed by atoms with Crippen molar-refractivity contribution in [2.24, 2.45) is 0 Å². The first-order chi connectivity index (χ1) is 14.8. The molecule has 166 valence electrons. The first-order valence-electron chi connectivity index (χ1n) is 9.05. The summed E-state index contributed by atoms with van der Waals surface area (Å²) in [6.07, 6.45) is 0. The number of nitrogens with zero attached hydrogens (tertiary/aromatic N) is 1. The van der Waals surface area contributed by atoms with Gasteiger partial charge in [-0.15, -0.1) is 0 Å². The molecule has 1 N–H and O–H groups in total. The number of nitrogens with one attached hydrogen (secondary N) is 1. The van der Waals surface area contributed by atoms with Gasteiger partial charge in [0.25, 0.3) is 5.91 Å². The minimum Gasteiger partial charge on any atom is -0.497 e. The number of halogens is 1. The fraction of sp³-hybridized carbons (Fsp3) is 0.286. The Hall–Kier alpha value is -3.46. The molecule has 0 aliphatic heterocycles. The Labute approximate surface area is 184 Å². The number of hydrogen-bond acceptors (Lipinski definition) is 7. The van der Waals surface area contributed by atoms with Crippen LogP contribution in [0, 0.1) is 0 Å². The Morgan fingerprint density at radius 2 is 1.77 bits per heavy atom. The predicted octanol–water partition coefficient (Wildman–Crippen LogP) is 2.62. The first kappa shape index (κ1) is 23.8. The second-order valence-corrected chi connectivity index (χ2v) is 6.71. The van der Waals surface area contributed by atoms with Crippen molar-refractivity contribution < 1.29 is 33.3 Å². The number of ether oxygens (including phenoxy) is 4. The van der Waals surface area contributed by atoms with Crippen LogP contribution < -0.4 is 19.5 Å². The molecule has 2 aromatic rings. The van der Waals surface area contributed by atoms with Gasteiger partial charge in [0.05, 0.1) is 38.5 Å². The Morgan fingerprint density at radius 1 is 1.03 bits per heavy atom. The number of esters is 1. The number of likely N-dealkylation sites (N-methyl/N-ethyl adjacent to an activating group) is 1. The smallest absolute Gasteiger partial charge is 0.338 e. The third-order valence-electron chi connectivity index (χ3n) is 4.16. The zero-order valence-electron chi connectivity index (χ0n) is 17.6. The van der Waals surface area contributed by atoms with Crippen LogP contribution in [0.4, 0.5) is 5.69 Å². The van der Waals surface area contributed by atoms with E-state index in [1.807, 2.05) is 0 Å². The molecule has 10 heteroatoms. The van der Waals surface area contributed by atoms with Crippen molar-refractivity contribution in [2.75, 3.05) is 46.8 Å². The fourth-order valence-electron chi connectivity index (χ4n) is 2.56. The second kappa shape index (κ2) is 11.1. The van der Waals surface area contributed by atoms with Crippen LogP contribution in [0.1, 0.15) is 10.4 Å². The third kappa shape index (κ3) is 6.51. The van der Waals surface area contributed by atoms with E-state index < -0.39 is 24.4 Å². The Morgan fingerprint density at radius 3 is 2.42 bits per heavy atom. The van der Waals surface area contributed by atoms with Crippen LogP contribution in [0.5, 0.6) is 17.2 Å². The molecular weight excluding hydrogens is 428 g/mol. The summed E-state index contributed by atoms with van der Waals surface area (Å²) in [5.41, 5.74) is 0.621. The molecule has 0 unspecified atom stereocenters. The van der Waals surface area contributed by atoms with Crippen LogP contribution in [-0.4, -0.2) is 64.2 Å². The van der Waals surface area contributed by atoms with Gasteiger partial charge in [0.1, 0.15) is 5.75 Å². The summed E-state index contributed by atoms with van der Waals surface area (Å²) >= 11 is 6.07. The van der Waals surface area contributed by atoms with Crippen molar-refractivity contribution in [3.05, 3.63) is 47.0 Å². The summed E-state index contributed by atoms with van der Waals surface area (Å²) in [6.45, 7) is -0.774. The molecular formula is C21H23ClN2O7. The number of methoxy groups -OCH3 is 3. The molecule has 0 aromatic heterocycles. The molecule has 0 spiro atoms. The van der Waals surface area contributed by atoms with Crippen molar-refractivity contribution >= 4 is 35.1 Å². The topological polar surface area (TPSA) is 103 Å². The van der Waals surface area contributed by atoms with E-state index >= 15 is 0 Å². The largest absolute Gasteiger partial charge is 0.497 e. The summed E-state index contributed by atoms with van der Waals surface area (Å²) in [5, 5.41) is 2.82. The predicted molar refractivity (Wildman–Crippen MR) is 114 cm³/mol. The number of amides is 2. The van der Waals surface area contributed by atoms with Crippen LogP contribution in [0.25, 0.3) is 0 Å². The van der Waals surface area contributed by atoms with Gasteiger partial charge in [-0.1, -0.05) is 17.7 Å². The highest BCUT2D eigenvalue weighted by molar-refractivity contribution is 6.32. The number of carbonyl (C=O) groups is 3. The van der Waals surface area contributed by atoms with E-state index in [-0.39, 0.29) is 28.6 Å². The lowest BCUT2D eigenvalue weighted by Gasteiger charge is -2.17. The van der Waals surface area contributed by atoms with E-state index in [1.165, 1.54) is 40.5 Å². The Balaban J connectivity index is 1.90.